The SMILES string of the molecule is CC(C)C[C@H](C(=O)CCc1ccc(Cl)c(Cl)c1)N1CCC(CCc2ccccc2)N2C[C@H](C)C[C@H]2C1=O. The van der Waals surface area contributed by atoms with Crippen molar-refractivity contribution in [3.8, 4) is 0 Å². The quantitative estimate of drug-likeness (QED) is 0.329. The smallest absolute Gasteiger partial charge is 0.240 e. The minimum Gasteiger partial charge on any atom is -0.331 e. The lowest BCUT2D eigenvalue weighted by Crippen LogP contribution is -2.51. The molecular formula is C31H40Cl2N2O2. The summed E-state index contributed by atoms with van der Waals surface area (Å²) in [5.41, 5.74) is 2.33. The number of nitrogens with zero attached hydrogens (tertiary/aromatic N) is 2. The Labute approximate surface area is 232 Å². The summed E-state index contributed by atoms with van der Waals surface area (Å²) in [4.78, 5) is 32.0. The summed E-state index contributed by atoms with van der Waals surface area (Å²) in [6, 6.07) is 16.0. The predicted octanol–water partition coefficient (Wildman–Crippen LogP) is 6.85. The van der Waals surface area contributed by atoms with Crippen LogP contribution in [0, 0.1) is 11.8 Å². The Balaban J connectivity index is 1.50. The van der Waals surface area contributed by atoms with Crippen LogP contribution in [0.3, 0.4) is 0 Å². The molecule has 1 amide bonds. The lowest BCUT2D eigenvalue weighted by molar-refractivity contribution is -0.142. The molecule has 0 spiro atoms. The van der Waals surface area contributed by atoms with Gasteiger partial charge in [-0.15, -0.1) is 0 Å². The van der Waals surface area contributed by atoms with Crippen molar-refractivity contribution in [3.63, 3.8) is 0 Å². The molecule has 2 aromatic carbocycles. The number of ketones is 1. The van der Waals surface area contributed by atoms with Crippen LogP contribution < -0.4 is 0 Å². The molecule has 4 rings (SSSR count). The van der Waals surface area contributed by atoms with E-state index in [9.17, 15) is 9.59 Å². The van der Waals surface area contributed by atoms with E-state index in [1.54, 1.807) is 6.07 Å². The number of benzene rings is 2. The van der Waals surface area contributed by atoms with E-state index >= 15 is 0 Å². The second kappa shape index (κ2) is 12.8. The standard InChI is InChI=1S/C31H40Cl2N2O2/c1-21(2)17-28(30(36)14-11-24-10-13-26(32)27(33)19-24)34-16-15-25(12-9-23-7-5-4-6-8-23)35-20-22(3)18-29(35)31(34)37/h4-8,10,13,19,21-22,25,28-29H,9,11-12,14-18,20H2,1-3H3/t22-,25?,28-,29+/m1/s1. The van der Waals surface area contributed by atoms with Gasteiger partial charge in [0.1, 0.15) is 0 Å². The van der Waals surface area contributed by atoms with Crippen molar-refractivity contribution in [1.29, 1.82) is 0 Å². The molecule has 0 aromatic heterocycles. The molecule has 0 aliphatic carbocycles. The highest BCUT2D eigenvalue weighted by Crippen LogP contribution is 2.33. The normalized spacial score (nSPS) is 23.2. The fraction of sp³-hybridized carbons (Fsp3) is 0.548. The van der Waals surface area contributed by atoms with E-state index in [-0.39, 0.29) is 23.8 Å². The fourth-order valence-electron chi connectivity index (χ4n) is 6.09. The van der Waals surface area contributed by atoms with Crippen LogP contribution in [0.2, 0.25) is 10.0 Å². The molecule has 37 heavy (non-hydrogen) atoms. The van der Waals surface area contributed by atoms with Gasteiger partial charge >= 0.3 is 0 Å². The molecule has 4 nitrogen and oxygen atoms in total. The predicted molar refractivity (Wildman–Crippen MR) is 152 cm³/mol. The minimum absolute atomic E-state index is 0.115. The van der Waals surface area contributed by atoms with Gasteiger partial charge in [0, 0.05) is 25.6 Å². The van der Waals surface area contributed by atoms with Crippen molar-refractivity contribution in [1.82, 2.24) is 9.80 Å². The monoisotopic (exact) mass is 542 g/mol. The van der Waals surface area contributed by atoms with E-state index in [0.29, 0.717) is 53.7 Å². The maximum atomic E-state index is 14.0. The van der Waals surface area contributed by atoms with Crippen LogP contribution in [0.5, 0.6) is 0 Å². The van der Waals surface area contributed by atoms with E-state index < -0.39 is 0 Å². The van der Waals surface area contributed by atoms with Crippen molar-refractivity contribution in [3.05, 3.63) is 69.7 Å². The third kappa shape index (κ3) is 7.16. The first-order valence-electron chi connectivity index (χ1n) is 13.8. The van der Waals surface area contributed by atoms with Gasteiger partial charge < -0.3 is 4.90 Å². The Kier molecular flexibility index (Phi) is 9.72. The van der Waals surface area contributed by atoms with Crippen molar-refractivity contribution < 1.29 is 9.59 Å². The van der Waals surface area contributed by atoms with Gasteiger partial charge in [-0.2, -0.15) is 0 Å². The van der Waals surface area contributed by atoms with E-state index in [4.69, 9.17) is 23.2 Å². The van der Waals surface area contributed by atoms with E-state index in [2.05, 4.69) is 56.0 Å². The van der Waals surface area contributed by atoms with Crippen LogP contribution in [-0.4, -0.2) is 52.7 Å². The number of fused-ring (bicyclic) bond motifs is 1. The third-order valence-corrected chi connectivity index (χ3v) is 8.72. The van der Waals surface area contributed by atoms with Crippen molar-refractivity contribution in [2.45, 2.75) is 83.8 Å². The zero-order valence-electron chi connectivity index (χ0n) is 22.3. The highest BCUT2D eigenvalue weighted by molar-refractivity contribution is 6.42. The molecule has 2 fully saturated rings. The largest absolute Gasteiger partial charge is 0.331 e. The molecule has 200 valence electrons. The number of carbonyl (C=O) groups excluding carboxylic acids is 2. The van der Waals surface area contributed by atoms with Crippen LogP contribution in [0.15, 0.2) is 48.5 Å². The number of aryl methyl sites for hydroxylation is 2. The van der Waals surface area contributed by atoms with E-state index in [1.165, 1.54) is 5.56 Å². The second-order valence-corrected chi connectivity index (χ2v) is 12.2. The van der Waals surface area contributed by atoms with Gasteiger partial charge in [0.25, 0.3) is 0 Å². The van der Waals surface area contributed by atoms with Gasteiger partial charge in [-0.3, -0.25) is 14.5 Å². The number of rotatable bonds is 10. The number of hydrogen-bond acceptors (Lipinski definition) is 3. The summed E-state index contributed by atoms with van der Waals surface area (Å²) in [5, 5.41) is 1.02. The highest BCUT2D eigenvalue weighted by Gasteiger charge is 2.45. The lowest BCUT2D eigenvalue weighted by Gasteiger charge is -2.33. The average molecular weight is 544 g/mol. The molecule has 2 heterocycles. The number of halogens is 2. The van der Waals surface area contributed by atoms with Crippen LogP contribution >= 0.6 is 23.2 Å². The maximum absolute atomic E-state index is 14.0. The molecule has 0 saturated carbocycles. The van der Waals surface area contributed by atoms with Crippen molar-refractivity contribution in [2.75, 3.05) is 13.1 Å². The van der Waals surface area contributed by atoms with E-state index in [0.717, 1.165) is 37.8 Å². The molecule has 0 radical (unpaired) electrons. The van der Waals surface area contributed by atoms with Gasteiger partial charge in [0.2, 0.25) is 5.91 Å². The van der Waals surface area contributed by atoms with Crippen LogP contribution in [0.25, 0.3) is 0 Å². The third-order valence-electron chi connectivity index (χ3n) is 7.98. The molecular weight excluding hydrogens is 503 g/mol. The fourth-order valence-corrected chi connectivity index (χ4v) is 6.41. The zero-order chi connectivity index (χ0) is 26.5. The molecule has 0 N–H and O–H groups in total. The van der Waals surface area contributed by atoms with Gasteiger partial charge in [-0.05, 0) is 73.6 Å². The number of hydrogen-bond donors (Lipinski definition) is 0. The summed E-state index contributed by atoms with van der Waals surface area (Å²) in [6.07, 6.45) is 5.52. The summed E-state index contributed by atoms with van der Waals surface area (Å²) in [5.74, 6) is 1.11. The number of carbonyl (C=O) groups is 2. The molecule has 2 aliphatic heterocycles. The number of Topliss-reactive ketones (excluding diaryl/α,β-unsaturated/α-hetero) is 1. The Morgan fingerprint density at radius 1 is 1.03 bits per heavy atom. The minimum atomic E-state index is -0.374. The first kappa shape index (κ1) is 28.1. The van der Waals surface area contributed by atoms with Gasteiger partial charge in [0.05, 0.1) is 22.1 Å². The Bertz CT molecular complexity index is 1070. The summed E-state index contributed by atoms with van der Waals surface area (Å²) in [6.45, 7) is 8.12. The van der Waals surface area contributed by atoms with Crippen LogP contribution in [-0.2, 0) is 22.4 Å². The summed E-state index contributed by atoms with van der Waals surface area (Å²) >= 11 is 12.2. The topological polar surface area (TPSA) is 40.6 Å². The molecule has 6 heteroatoms. The highest BCUT2D eigenvalue weighted by atomic mass is 35.5. The van der Waals surface area contributed by atoms with E-state index in [1.807, 2.05) is 17.0 Å². The first-order chi connectivity index (χ1) is 17.7. The zero-order valence-corrected chi connectivity index (χ0v) is 23.8. The second-order valence-electron chi connectivity index (χ2n) is 11.4. The molecule has 4 atom stereocenters. The molecule has 2 aliphatic rings. The van der Waals surface area contributed by atoms with Crippen molar-refractivity contribution in [2.24, 2.45) is 11.8 Å². The van der Waals surface area contributed by atoms with Gasteiger partial charge in [-0.1, -0.05) is 80.4 Å². The van der Waals surface area contributed by atoms with Crippen molar-refractivity contribution >= 4 is 34.9 Å². The first-order valence-corrected chi connectivity index (χ1v) is 14.5. The summed E-state index contributed by atoms with van der Waals surface area (Å²) < 4.78 is 0. The molecule has 0 bridgehead atoms. The number of amides is 1. The average Bonchev–Trinajstić information content (AvgIpc) is 3.22. The van der Waals surface area contributed by atoms with Gasteiger partial charge in [0.15, 0.2) is 5.78 Å². The Morgan fingerprint density at radius 2 is 1.78 bits per heavy atom. The Hall–Kier alpha value is -1.88. The lowest BCUT2D eigenvalue weighted by atomic mass is 9.94. The van der Waals surface area contributed by atoms with Crippen LogP contribution in [0.4, 0.5) is 0 Å². The molecule has 2 saturated heterocycles. The van der Waals surface area contributed by atoms with Gasteiger partial charge in [-0.25, -0.2) is 0 Å². The molecule has 2 aromatic rings. The Morgan fingerprint density at radius 3 is 2.49 bits per heavy atom. The maximum Gasteiger partial charge on any atom is 0.240 e. The summed E-state index contributed by atoms with van der Waals surface area (Å²) in [7, 11) is 0. The van der Waals surface area contributed by atoms with Crippen LogP contribution in [0.1, 0.15) is 64.0 Å². The molecule has 1 unspecified atom stereocenters.